The Labute approximate surface area is 149 Å². The second-order valence-electron chi connectivity index (χ2n) is 6.67. The Balaban J connectivity index is 2.42. The van der Waals surface area contributed by atoms with E-state index in [9.17, 15) is 9.00 Å². The van der Waals surface area contributed by atoms with Crippen molar-refractivity contribution in [3.63, 3.8) is 0 Å². The summed E-state index contributed by atoms with van der Waals surface area (Å²) in [6.07, 6.45) is 2.78. The number of hydrogen-bond acceptors (Lipinski definition) is 4. The number of carbonyl (C=O) groups is 1. The number of hydrogen-bond donors (Lipinski definition) is 1. The topological polar surface area (TPSA) is 85.4 Å². The van der Waals surface area contributed by atoms with E-state index in [1.165, 1.54) is 12.5 Å². The molecular formula is C18H21N3O2SSi. The molecule has 1 amide bonds. The maximum absolute atomic E-state index is 12.7. The normalized spacial score (nSPS) is 13.3. The smallest absolute Gasteiger partial charge is 0.286 e. The van der Waals surface area contributed by atoms with Crippen LogP contribution in [0.3, 0.4) is 0 Å². The molecule has 2 rings (SSSR count). The molecule has 0 fully saturated rings. The fourth-order valence-corrected chi connectivity index (χ4v) is 3.58. The molecule has 0 aliphatic rings. The van der Waals surface area contributed by atoms with Crippen LogP contribution in [0.2, 0.25) is 19.6 Å². The van der Waals surface area contributed by atoms with Gasteiger partial charge in [0.05, 0.1) is 20.9 Å². The fraction of sp³-hybridized carbons (Fsp3) is 0.222. The highest BCUT2D eigenvalue weighted by molar-refractivity contribution is 7.93. The molecule has 0 bridgehead atoms. The summed E-state index contributed by atoms with van der Waals surface area (Å²) in [5.74, 6) is 2.67. The van der Waals surface area contributed by atoms with Gasteiger partial charge in [0.15, 0.2) is 0 Å². The Hall–Kier alpha value is -2.43. The first kappa shape index (κ1) is 18.9. The van der Waals surface area contributed by atoms with Crippen molar-refractivity contribution in [1.29, 1.82) is 0 Å². The second-order valence-corrected chi connectivity index (χ2v) is 13.7. The van der Waals surface area contributed by atoms with Gasteiger partial charge in [0.2, 0.25) is 0 Å². The minimum Gasteiger partial charge on any atom is -0.383 e. The molecular weight excluding hydrogens is 350 g/mol. The van der Waals surface area contributed by atoms with Gasteiger partial charge in [0, 0.05) is 17.3 Å². The van der Waals surface area contributed by atoms with Gasteiger partial charge in [-0.05, 0) is 18.2 Å². The van der Waals surface area contributed by atoms with Crippen molar-refractivity contribution in [2.24, 2.45) is 4.36 Å². The molecule has 0 unspecified atom stereocenters. The largest absolute Gasteiger partial charge is 0.383 e. The van der Waals surface area contributed by atoms with E-state index in [4.69, 9.17) is 5.73 Å². The van der Waals surface area contributed by atoms with Gasteiger partial charge >= 0.3 is 0 Å². The lowest BCUT2D eigenvalue weighted by molar-refractivity contribution is 0.100. The van der Waals surface area contributed by atoms with Crippen molar-refractivity contribution < 1.29 is 9.00 Å². The highest BCUT2D eigenvalue weighted by Gasteiger charge is 2.13. The highest BCUT2D eigenvalue weighted by atomic mass is 32.2. The van der Waals surface area contributed by atoms with E-state index in [0.29, 0.717) is 10.5 Å². The first-order chi connectivity index (χ1) is 11.6. The number of nitrogens with zero attached hydrogens (tertiary/aromatic N) is 2. The van der Waals surface area contributed by atoms with Crippen LogP contribution in [0.25, 0.3) is 0 Å². The number of anilines is 1. The van der Waals surface area contributed by atoms with Crippen molar-refractivity contribution in [3.8, 4) is 11.5 Å². The van der Waals surface area contributed by atoms with Gasteiger partial charge in [-0.15, -0.1) is 5.54 Å². The number of amides is 1. The van der Waals surface area contributed by atoms with Crippen molar-refractivity contribution >= 4 is 29.5 Å². The summed E-state index contributed by atoms with van der Waals surface area (Å²) in [6, 6.07) is 10.3. The number of carbonyl (C=O) groups excluding carboxylic acids is 1. The van der Waals surface area contributed by atoms with Gasteiger partial charge in [0.25, 0.3) is 5.91 Å². The number of aromatic nitrogens is 1. The van der Waals surface area contributed by atoms with Crippen LogP contribution in [0.5, 0.6) is 0 Å². The number of benzene rings is 1. The van der Waals surface area contributed by atoms with Crippen LogP contribution in [0, 0.1) is 11.5 Å². The van der Waals surface area contributed by atoms with E-state index in [-0.39, 0.29) is 11.4 Å². The molecule has 0 radical (unpaired) electrons. The summed E-state index contributed by atoms with van der Waals surface area (Å²) < 4.78 is 16.6. The van der Waals surface area contributed by atoms with Crippen LogP contribution < -0.4 is 5.73 Å². The van der Waals surface area contributed by atoms with Crippen LogP contribution in [0.4, 0.5) is 5.82 Å². The molecule has 2 aromatic rings. The molecule has 1 atom stereocenters. The third kappa shape index (κ3) is 5.27. The Morgan fingerprint density at radius 1 is 1.24 bits per heavy atom. The molecule has 1 heterocycles. The van der Waals surface area contributed by atoms with E-state index >= 15 is 0 Å². The third-order valence-corrected chi connectivity index (χ3v) is 5.71. The zero-order valence-electron chi connectivity index (χ0n) is 14.7. The van der Waals surface area contributed by atoms with E-state index in [1.807, 2.05) is 6.07 Å². The summed E-state index contributed by atoms with van der Waals surface area (Å²) in [5.41, 5.74) is 9.74. The minimum absolute atomic E-state index is 0.222. The maximum Gasteiger partial charge on any atom is 0.286 e. The summed E-state index contributed by atoms with van der Waals surface area (Å²) in [4.78, 5) is 17.0. The molecule has 0 aliphatic heterocycles. The van der Waals surface area contributed by atoms with Gasteiger partial charge in [-0.1, -0.05) is 43.8 Å². The monoisotopic (exact) mass is 371 g/mol. The number of pyridine rings is 1. The number of nitrogens with two attached hydrogens (primary N) is 1. The Bertz CT molecular complexity index is 977. The Kier molecular flexibility index (Phi) is 5.45. The van der Waals surface area contributed by atoms with Crippen LogP contribution in [0.1, 0.15) is 15.9 Å². The van der Waals surface area contributed by atoms with Crippen molar-refractivity contribution in [1.82, 2.24) is 4.98 Å². The predicted molar refractivity (Wildman–Crippen MR) is 104 cm³/mol. The van der Waals surface area contributed by atoms with Crippen molar-refractivity contribution in [2.75, 3.05) is 12.0 Å². The maximum atomic E-state index is 12.7. The van der Waals surface area contributed by atoms with Gasteiger partial charge in [0.1, 0.15) is 13.9 Å². The zero-order valence-corrected chi connectivity index (χ0v) is 16.6. The van der Waals surface area contributed by atoms with Crippen LogP contribution in [0.15, 0.2) is 51.9 Å². The molecule has 1 aromatic heterocycles. The summed E-state index contributed by atoms with van der Waals surface area (Å²) in [6.45, 7) is 6.33. The molecule has 1 aromatic carbocycles. The Morgan fingerprint density at radius 2 is 1.88 bits per heavy atom. The van der Waals surface area contributed by atoms with E-state index in [1.54, 1.807) is 30.3 Å². The number of rotatable bonds is 2. The molecule has 130 valence electrons. The average Bonchev–Trinajstić information content (AvgIpc) is 2.53. The SMILES string of the molecule is C[Si](C)(C)C#Cc1cc(C(=O)N=[S@@](C)(=O)c2ccccc2)cnc1N. The van der Waals surface area contributed by atoms with Gasteiger partial charge in [-0.2, -0.15) is 4.36 Å². The molecule has 0 spiro atoms. The van der Waals surface area contributed by atoms with E-state index in [0.717, 1.165) is 0 Å². The van der Waals surface area contributed by atoms with Crippen molar-refractivity contribution in [3.05, 3.63) is 53.7 Å². The predicted octanol–water partition coefficient (Wildman–Crippen LogP) is 3.19. The third-order valence-electron chi connectivity index (χ3n) is 3.18. The Morgan fingerprint density at radius 3 is 2.48 bits per heavy atom. The molecule has 0 saturated carbocycles. The lowest BCUT2D eigenvalue weighted by atomic mass is 10.2. The van der Waals surface area contributed by atoms with Crippen LogP contribution in [-0.4, -0.2) is 29.4 Å². The summed E-state index contributed by atoms with van der Waals surface area (Å²) in [5, 5.41) is 0. The highest BCUT2D eigenvalue weighted by Crippen LogP contribution is 2.15. The summed E-state index contributed by atoms with van der Waals surface area (Å²) >= 11 is 0. The van der Waals surface area contributed by atoms with E-state index in [2.05, 4.69) is 40.5 Å². The fourth-order valence-electron chi connectivity index (χ4n) is 1.88. The molecule has 25 heavy (non-hydrogen) atoms. The van der Waals surface area contributed by atoms with Crippen molar-refractivity contribution in [2.45, 2.75) is 24.5 Å². The van der Waals surface area contributed by atoms with Gasteiger partial charge < -0.3 is 5.73 Å². The first-order valence-electron chi connectivity index (χ1n) is 7.69. The summed E-state index contributed by atoms with van der Waals surface area (Å²) in [7, 11) is -4.42. The van der Waals surface area contributed by atoms with E-state index < -0.39 is 23.7 Å². The van der Waals surface area contributed by atoms with Gasteiger partial charge in [-0.3, -0.25) is 4.79 Å². The average molecular weight is 372 g/mol. The van der Waals surface area contributed by atoms with Crippen LogP contribution in [-0.2, 0) is 9.73 Å². The van der Waals surface area contributed by atoms with Crippen LogP contribution >= 0.6 is 0 Å². The second kappa shape index (κ2) is 7.21. The molecule has 2 N–H and O–H groups in total. The molecule has 5 nitrogen and oxygen atoms in total. The standard InChI is InChI=1S/C18H21N3O2SSi/c1-24(23,16-8-6-5-7-9-16)21-18(22)15-12-14(17(19)20-13-15)10-11-25(2,3)4/h5-9,12-13H,1-4H3,(H2,19,20)/t24-/m0/s1. The molecule has 0 aliphatic carbocycles. The zero-order chi connectivity index (χ0) is 18.7. The molecule has 0 saturated heterocycles. The van der Waals surface area contributed by atoms with Gasteiger partial charge in [-0.25, -0.2) is 9.19 Å². The molecule has 7 heteroatoms. The number of nitrogen functional groups attached to an aromatic ring is 1. The lowest BCUT2D eigenvalue weighted by Gasteiger charge is -2.06. The quantitative estimate of drug-likeness (QED) is 0.649. The minimum atomic E-state index is -2.83. The first-order valence-corrected chi connectivity index (χ1v) is 13.1. The lowest BCUT2D eigenvalue weighted by Crippen LogP contribution is -2.16.